The van der Waals surface area contributed by atoms with Crippen molar-refractivity contribution in [2.75, 3.05) is 25.0 Å². The van der Waals surface area contributed by atoms with Crippen molar-refractivity contribution < 1.29 is 28.7 Å². The van der Waals surface area contributed by atoms with E-state index in [9.17, 15) is 24.0 Å². The summed E-state index contributed by atoms with van der Waals surface area (Å²) in [7, 11) is 1.69. The molecule has 2 aromatic carbocycles. The first kappa shape index (κ1) is 40.0. The van der Waals surface area contributed by atoms with Crippen molar-refractivity contribution in [2.24, 2.45) is 13.0 Å². The molecule has 0 spiro atoms. The maximum absolute atomic E-state index is 14.2. The molecule has 1 unspecified atom stereocenters. The standard InChI is InChI=1S/C41H55N7O6/c1-6-35(49)44-33(39(52)47-23-24-48(40(53)54-41(2,3)4)32(27-47)25-28-13-9-7-10-14-28)26-29-17-19-31(20-18-29)43-38(51)36(30-15-11-8-12-16-30)45-37(50)34-21-22-42-46(34)5/h7,9-10,13-14,17-22,30,32-33,36H,6,8,11-12,15-16,23-27H2,1-5H3,(H,43,51)(H,44,49)(H,45,50)/t32-,33+,36?/m0/s1. The van der Waals surface area contributed by atoms with Gasteiger partial charge in [-0.25, -0.2) is 4.79 Å². The highest BCUT2D eigenvalue weighted by atomic mass is 16.6. The van der Waals surface area contributed by atoms with Crippen LogP contribution in [0.2, 0.25) is 0 Å². The second kappa shape index (κ2) is 18.2. The first-order valence-electron chi connectivity index (χ1n) is 19.1. The van der Waals surface area contributed by atoms with Crippen molar-refractivity contribution in [2.45, 2.75) is 103 Å². The average molecular weight is 742 g/mol. The largest absolute Gasteiger partial charge is 0.444 e. The lowest BCUT2D eigenvalue weighted by molar-refractivity contribution is -0.139. The molecular weight excluding hydrogens is 686 g/mol. The van der Waals surface area contributed by atoms with Crippen molar-refractivity contribution in [3.8, 4) is 0 Å². The fraction of sp³-hybridized carbons (Fsp3) is 0.512. The van der Waals surface area contributed by atoms with E-state index in [0.717, 1.165) is 43.2 Å². The van der Waals surface area contributed by atoms with E-state index in [1.54, 1.807) is 48.2 Å². The number of amides is 5. The molecule has 13 heteroatoms. The minimum Gasteiger partial charge on any atom is -0.444 e. The number of nitrogens with zero attached hydrogens (tertiary/aromatic N) is 4. The zero-order valence-corrected chi connectivity index (χ0v) is 32.2. The summed E-state index contributed by atoms with van der Waals surface area (Å²) < 4.78 is 7.21. The number of rotatable bonds is 12. The van der Waals surface area contributed by atoms with Crippen LogP contribution in [-0.2, 0) is 39.0 Å². The van der Waals surface area contributed by atoms with E-state index < -0.39 is 23.8 Å². The van der Waals surface area contributed by atoms with Crippen LogP contribution in [0.1, 0.15) is 87.8 Å². The number of benzene rings is 2. The van der Waals surface area contributed by atoms with Crippen LogP contribution < -0.4 is 16.0 Å². The van der Waals surface area contributed by atoms with Crippen LogP contribution in [0.3, 0.4) is 0 Å². The van der Waals surface area contributed by atoms with Crippen molar-refractivity contribution in [1.82, 2.24) is 30.2 Å². The van der Waals surface area contributed by atoms with Crippen molar-refractivity contribution >= 4 is 35.4 Å². The maximum atomic E-state index is 14.2. The number of aromatic nitrogens is 2. The van der Waals surface area contributed by atoms with Gasteiger partial charge in [-0.2, -0.15) is 5.10 Å². The molecule has 0 radical (unpaired) electrons. The lowest BCUT2D eigenvalue weighted by atomic mass is 9.83. The summed E-state index contributed by atoms with van der Waals surface area (Å²) in [5, 5.41) is 13.0. The molecule has 3 N–H and O–H groups in total. The molecule has 1 aromatic heterocycles. The molecule has 1 saturated carbocycles. The highest BCUT2D eigenvalue weighted by Gasteiger charge is 2.37. The van der Waals surface area contributed by atoms with E-state index in [1.807, 2.05) is 63.2 Å². The maximum Gasteiger partial charge on any atom is 0.410 e. The normalized spacial score (nSPS) is 17.6. The Hall–Kier alpha value is -5.20. The Bertz CT molecular complexity index is 1750. The third-order valence-electron chi connectivity index (χ3n) is 10.1. The Morgan fingerprint density at radius 1 is 0.889 bits per heavy atom. The molecule has 13 nitrogen and oxygen atoms in total. The lowest BCUT2D eigenvalue weighted by Crippen LogP contribution is -2.61. The molecule has 1 aliphatic heterocycles. The van der Waals surface area contributed by atoms with Gasteiger partial charge in [-0.05, 0) is 75.3 Å². The average Bonchev–Trinajstić information content (AvgIpc) is 3.59. The minimum absolute atomic E-state index is 0.0161. The van der Waals surface area contributed by atoms with Crippen LogP contribution in [-0.4, -0.2) is 92.7 Å². The Labute approximate surface area is 318 Å². The van der Waals surface area contributed by atoms with Gasteiger partial charge in [0.05, 0.1) is 6.04 Å². The molecule has 2 aliphatic rings. The molecule has 3 atom stereocenters. The predicted molar refractivity (Wildman–Crippen MR) is 205 cm³/mol. The van der Waals surface area contributed by atoms with Gasteiger partial charge < -0.3 is 30.5 Å². The summed E-state index contributed by atoms with van der Waals surface area (Å²) in [6.45, 7) is 8.11. The topological polar surface area (TPSA) is 155 Å². The summed E-state index contributed by atoms with van der Waals surface area (Å²) >= 11 is 0. The number of hydrogen-bond acceptors (Lipinski definition) is 7. The Morgan fingerprint density at radius 3 is 2.22 bits per heavy atom. The summed E-state index contributed by atoms with van der Waals surface area (Å²) in [5.74, 6) is -1.09. The SMILES string of the molecule is CCC(=O)N[C@H](Cc1ccc(NC(=O)C(NC(=O)c2ccnn2C)C2CCCCC2)cc1)C(=O)N1CCN(C(=O)OC(C)(C)C)[C@@H](Cc2ccccc2)C1. The van der Waals surface area contributed by atoms with Crippen molar-refractivity contribution in [3.63, 3.8) is 0 Å². The Balaban J connectivity index is 1.28. The summed E-state index contributed by atoms with van der Waals surface area (Å²) in [6.07, 6.45) is 6.95. The van der Waals surface area contributed by atoms with Gasteiger partial charge >= 0.3 is 6.09 Å². The Kier molecular flexibility index (Phi) is 13.5. The van der Waals surface area contributed by atoms with Crippen molar-refractivity contribution in [1.29, 1.82) is 0 Å². The van der Waals surface area contributed by atoms with E-state index in [2.05, 4.69) is 21.0 Å². The third kappa shape index (κ3) is 10.9. The molecule has 5 amide bonds. The molecule has 290 valence electrons. The van der Waals surface area contributed by atoms with Gasteiger partial charge in [0.1, 0.15) is 23.4 Å². The Morgan fingerprint density at radius 2 is 1.59 bits per heavy atom. The molecular formula is C41H55N7O6. The first-order chi connectivity index (χ1) is 25.8. The zero-order valence-electron chi connectivity index (χ0n) is 32.2. The van der Waals surface area contributed by atoms with Crippen LogP contribution >= 0.6 is 0 Å². The molecule has 1 saturated heterocycles. The fourth-order valence-corrected chi connectivity index (χ4v) is 7.25. The minimum atomic E-state index is -0.832. The lowest BCUT2D eigenvalue weighted by Gasteiger charge is -2.42. The number of hydrogen-bond donors (Lipinski definition) is 3. The molecule has 3 aromatic rings. The zero-order chi connectivity index (χ0) is 38.8. The molecule has 5 rings (SSSR count). The van der Waals surface area contributed by atoms with Gasteiger partial charge in [-0.3, -0.25) is 23.9 Å². The number of carbonyl (C=O) groups excluding carboxylic acids is 5. The van der Waals surface area contributed by atoms with E-state index in [4.69, 9.17) is 4.74 Å². The van der Waals surface area contributed by atoms with E-state index in [1.165, 1.54) is 4.68 Å². The van der Waals surface area contributed by atoms with Gasteiger partial charge in [-0.1, -0.05) is 68.7 Å². The van der Waals surface area contributed by atoms with Crippen LogP contribution in [0.15, 0.2) is 66.9 Å². The van der Waals surface area contributed by atoms with Gasteiger partial charge in [0, 0.05) is 51.4 Å². The van der Waals surface area contributed by atoms with E-state index in [0.29, 0.717) is 30.9 Å². The summed E-state index contributed by atoms with van der Waals surface area (Å²) in [5.41, 5.74) is 2.10. The number of anilines is 1. The highest BCUT2D eigenvalue weighted by molar-refractivity contribution is 6.00. The molecule has 54 heavy (non-hydrogen) atoms. The van der Waals surface area contributed by atoms with Crippen LogP contribution in [0.4, 0.5) is 10.5 Å². The fourth-order valence-electron chi connectivity index (χ4n) is 7.25. The van der Waals surface area contributed by atoms with Gasteiger partial charge in [-0.15, -0.1) is 0 Å². The third-order valence-corrected chi connectivity index (χ3v) is 10.1. The second-order valence-corrected chi connectivity index (χ2v) is 15.4. The number of ether oxygens (including phenoxy) is 1. The number of nitrogens with one attached hydrogen (secondary N) is 3. The quantitative estimate of drug-likeness (QED) is 0.240. The number of piperazine rings is 1. The van der Waals surface area contributed by atoms with Gasteiger partial charge in [0.15, 0.2) is 0 Å². The van der Waals surface area contributed by atoms with E-state index >= 15 is 0 Å². The van der Waals surface area contributed by atoms with Gasteiger partial charge in [0.2, 0.25) is 17.7 Å². The monoisotopic (exact) mass is 741 g/mol. The van der Waals surface area contributed by atoms with Gasteiger partial charge in [0.25, 0.3) is 5.91 Å². The van der Waals surface area contributed by atoms with Crippen molar-refractivity contribution in [3.05, 3.63) is 83.7 Å². The van der Waals surface area contributed by atoms with Crippen LogP contribution in [0.5, 0.6) is 0 Å². The second-order valence-electron chi connectivity index (χ2n) is 15.4. The first-order valence-corrected chi connectivity index (χ1v) is 19.1. The summed E-state index contributed by atoms with van der Waals surface area (Å²) in [6, 6.07) is 16.8. The van der Waals surface area contributed by atoms with Crippen LogP contribution in [0, 0.1) is 5.92 Å². The summed E-state index contributed by atoms with van der Waals surface area (Å²) in [4.78, 5) is 70.3. The molecule has 2 heterocycles. The molecule has 0 bridgehead atoms. The molecule has 1 aliphatic carbocycles. The van der Waals surface area contributed by atoms with Crippen LogP contribution in [0.25, 0.3) is 0 Å². The smallest absolute Gasteiger partial charge is 0.410 e. The highest BCUT2D eigenvalue weighted by Crippen LogP contribution is 2.28. The van der Waals surface area contributed by atoms with E-state index in [-0.39, 0.29) is 55.0 Å². The number of carbonyl (C=O) groups is 5. The molecule has 2 fully saturated rings. The predicted octanol–water partition coefficient (Wildman–Crippen LogP) is 4.87. The number of aryl methyl sites for hydroxylation is 1.